The van der Waals surface area contributed by atoms with E-state index in [0.717, 1.165) is 12.8 Å². The predicted molar refractivity (Wildman–Crippen MR) is 76.9 cm³/mol. The van der Waals surface area contributed by atoms with Gasteiger partial charge in [0, 0.05) is 0 Å². The second-order valence-corrected chi connectivity index (χ2v) is 5.20. The molecule has 0 atom stereocenters. The van der Waals surface area contributed by atoms with Gasteiger partial charge in [0.2, 0.25) is 5.75 Å². The fourth-order valence-corrected chi connectivity index (χ4v) is 2.19. The van der Waals surface area contributed by atoms with E-state index < -0.39 is 10.1 Å². The SMILES string of the molecule is CCCCOc1c(OC)ccc(S(=O)(=O)O)c1OC.[NaH]. The van der Waals surface area contributed by atoms with Crippen molar-refractivity contribution in [3.8, 4) is 17.2 Å². The number of benzene rings is 1. The molecule has 1 aromatic rings. The van der Waals surface area contributed by atoms with E-state index in [4.69, 9.17) is 18.8 Å². The average Bonchev–Trinajstić information content (AvgIpc) is 2.37. The molecule has 0 saturated carbocycles. The molecule has 1 N–H and O–H groups in total. The number of hydrogen-bond donors (Lipinski definition) is 1. The Balaban J connectivity index is 0.00000361. The molecule has 0 spiro atoms. The Morgan fingerprint density at radius 3 is 2.25 bits per heavy atom. The minimum absolute atomic E-state index is 0. The summed E-state index contributed by atoms with van der Waals surface area (Å²) in [5.74, 6) is 0.465. The molecule has 1 aromatic carbocycles. The zero-order chi connectivity index (χ0) is 14.5. The quantitative estimate of drug-likeness (QED) is 0.466. The van der Waals surface area contributed by atoms with Gasteiger partial charge in [-0.25, -0.2) is 0 Å². The number of rotatable bonds is 7. The minimum atomic E-state index is -4.38. The van der Waals surface area contributed by atoms with Crippen molar-refractivity contribution >= 4 is 39.7 Å². The van der Waals surface area contributed by atoms with E-state index in [-0.39, 0.29) is 46.0 Å². The topological polar surface area (TPSA) is 82.1 Å². The molecule has 0 unspecified atom stereocenters. The maximum absolute atomic E-state index is 11.3. The monoisotopic (exact) mass is 314 g/mol. The average molecular weight is 314 g/mol. The Morgan fingerprint density at radius 2 is 1.80 bits per heavy atom. The van der Waals surface area contributed by atoms with Gasteiger partial charge in [-0.3, -0.25) is 4.55 Å². The molecule has 0 radical (unpaired) electrons. The molecule has 0 bridgehead atoms. The fourth-order valence-electron chi connectivity index (χ4n) is 1.54. The van der Waals surface area contributed by atoms with Crippen LogP contribution in [0.3, 0.4) is 0 Å². The maximum atomic E-state index is 11.3. The van der Waals surface area contributed by atoms with Gasteiger partial charge in [0.05, 0.1) is 20.8 Å². The molecule has 0 fully saturated rings. The first-order valence-electron chi connectivity index (χ1n) is 5.81. The Kier molecular flexibility index (Phi) is 8.53. The Bertz CT molecular complexity index is 529. The van der Waals surface area contributed by atoms with E-state index in [0.29, 0.717) is 12.4 Å². The molecule has 0 aromatic heterocycles. The standard InChI is InChI=1S/C12H18O6S.Na.H/c1-4-5-8-18-11-9(16-2)6-7-10(12(11)17-3)19(13,14)15;;/h6-7H,4-5,8H2,1-3H3,(H,13,14,15);;. The first-order chi connectivity index (χ1) is 8.95. The third-order valence-corrected chi connectivity index (χ3v) is 3.36. The molecule has 0 amide bonds. The Morgan fingerprint density at radius 1 is 1.15 bits per heavy atom. The van der Waals surface area contributed by atoms with Crippen molar-refractivity contribution in [2.24, 2.45) is 0 Å². The van der Waals surface area contributed by atoms with Crippen LogP contribution in [0.2, 0.25) is 0 Å². The molecule has 20 heavy (non-hydrogen) atoms. The van der Waals surface area contributed by atoms with Crippen LogP contribution in [0.25, 0.3) is 0 Å². The fraction of sp³-hybridized carbons (Fsp3) is 0.500. The van der Waals surface area contributed by atoms with Gasteiger partial charge in [-0.2, -0.15) is 8.42 Å². The van der Waals surface area contributed by atoms with Gasteiger partial charge in [0.15, 0.2) is 11.5 Å². The van der Waals surface area contributed by atoms with Crippen LogP contribution in [-0.2, 0) is 10.1 Å². The summed E-state index contributed by atoms with van der Waals surface area (Å²) in [6.07, 6.45) is 1.74. The third-order valence-electron chi connectivity index (χ3n) is 2.49. The Hall–Kier alpha value is -0.470. The van der Waals surface area contributed by atoms with Crippen molar-refractivity contribution in [1.29, 1.82) is 0 Å². The molecule has 0 heterocycles. The summed E-state index contributed by atoms with van der Waals surface area (Å²) in [7, 11) is -1.64. The molecule has 8 heteroatoms. The molecule has 0 aliphatic heterocycles. The van der Waals surface area contributed by atoms with Crippen molar-refractivity contribution in [2.75, 3.05) is 20.8 Å². The number of methoxy groups -OCH3 is 2. The van der Waals surface area contributed by atoms with Crippen LogP contribution in [0.4, 0.5) is 0 Å². The van der Waals surface area contributed by atoms with Crippen LogP contribution in [0.15, 0.2) is 17.0 Å². The van der Waals surface area contributed by atoms with Crippen molar-refractivity contribution in [3.63, 3.8) is 0 Å². The molecule has 110 valence electrons. The summed E-state index contributed by atoms with van der Waals surface area (Å²) in [6, 6.07) is 2.62. The van der Waals surface area contributed by atoms with E-state index in [1.54, 1.807) is 0 Å². The predicted octanol–water partition coefficient (Wildman–Crippen LogP) is 1.48. The molecular weight excluding hydrogens is 295 g/mol. The summed E-state index contributed by atoms with van der Waals surface area (Å²) < 4.78 is 47.3. The first-order valence-corrected chi connectivity index (χ1v) is 7.25. The molecule has 0 aliphatic rings. The Labute approximate surface area is 141 Å². The molecular formula is C12H19NaO6S. The van der Waals surface area contributed by atoms with Crippen molar-refractivity contribution in [2.45, 2.75) is 24.7 Å². The van der Waals surface area contributed by atoms with Gasteiger partial charge in [0.1, 0.15) is 4.90 Å². The zero-order valence-electron chi connectivity index (χ0n) is 11.2. The van der Waals surface area contributed by atoms with Crippen LogP contribution in [0.1, 0.15) is 19.8 Å². The van der Waals surface area contributed by atoms with Crippen LogP contribution < -0.4 is 14.2 Å². The van der Waals surface area contributed by atoms with Crippen LogP contribution >= 0.6 is 0 Å². The normalized spacial score (nSPS) is 10.6. The van der Waals surface area contributed by atoms with Gasteiger partial charge >= 0.3 is 29.6 Å². The first kappa shape index (κ1) is 19.5. The van der Waals surface area contributed by atoms with E-state index in [2.05, 4.69) is 0 Å². The molecule has 0 aliphatic carbocycles. The van der Waals surface area contributed by atoms with Crippen LogP contribution in [-0.4, -0.2) is 63.4 Å². The van der Waals surface area contributed by atoms with E-state index in [1.807, 2.05) is 6.92 Å². The van der Waals surface area contributed by atoms with E-state index in [1.165, 1.54) is 26.4 Å². The molecule has 6 nitrogen and oxygen atoms in total. The van der Waals surface area contributed by atoms with E-state index >= 15 is 0 Å². The summed E-state index contributed by atoms with van der Waals surface area (Å²) in [4.78, 5) is -0.345. The van der Waals surface area contributed by atoms with Gasteiger partial charge in [0.25, 0.3) is 10.1 Å². The molecule has 0 saturated heterocycles. The molecule has 1 rings (SSSR count). The van der Waals surface area contributed by atoms with E-state index in [9.17, 15) is 8.42 Å². The summed E-state index contributed by atoms with van der Waals surface area (Å²) in [6.45, 7) is 2.41. The van der Waals surface area contributed by atoms with Crippen LogP contribution in [0, 0.1) is 0 Å². The third kappa shape index (κ3) is 4.82. The zero-order valence-corrected chi connectivity index (χ0v) is 12.0. The summed E-state index contributed by atoms with van der Waals surface area (Å²) in [5.41, 5.74) is 0. The van der Waals surface area contributed by atoms with Crippen molar-refractivity contribution in [1.82, 2.24) is 0 Å². The van der Waals surface area contributed by atoms with Gasteiger partial charge < -0.3 is 14.2 Å². The van der Waals surface area contributed by atoms with Crippen molar-refractivity contribution in [3.05, 3.63) is 12.1 Å². The summed E-state index contributed by atoms with van der Waals surface area (Å²) >= 11 is 0. The van der Waals surface area contributed by atoms with Crippen LogP contribution in [0.5, 0.6) is 17.2 Å². The number of hydrogen-bond acceptors (Lipinski definition) is 5. The second kappa shape index (κ2) is 8.74. The van der Waals surface area contributed by atoms with Gasteiger partial charge in [-0.1, -0.05) is 13.3 Å². The number of ether oxygens (including phenoxy) is 3. The van der Waals surface area contributed by atoms with Gasteiger partial charge in [-0.15, -0.1) is 0 Å². The summed E-state index contributed by atoms with van der Waals surface area (Å²) in [5, 5.41) is 0. The number of unbranched alkanes of at least 4 members (excludes halogenated alkanes) is 1. The second-order valence-electron chi connectivity index (χ2n) is 3.81. The van der Waals surface area contributed by atoms with Gasteiger partial charge in [-0.05, 0) is 18.6 Å². The van der Waals surface area contributed by atoms with Crippen molar-refractivity contribution < 1.29 is 27.2 Å².